The number of sulfone groups is 1. The van der Waals surface area contributed by atoms with E-state index in [-0.39, 0.29) is 0 Å². The number of nitrogens with zero attached hydrogens (tertiary/aromatic N) is 2. The van der Waals surface area contributed by atoms with Gasteiger partial charge < -0.3 is 0 Å². The van der Waals surface area contributed by atoms with Crippen LogP contribution in [-0.2, 0) is 23.3 Å². The summed E-state index contributed by atoms with van der Waals surface area (Å²) in [5.74, 6) is 0. The van der Waals surface area contributed by atoms with E-state index in [9.17, 15) is 8.42 Å². The molecule has 0 aliphatic carbocycles. The van der Waals surface area contributed by atoms with E-state index in [1.807, 2.05) is 6.92 Å². The Balaban J connectivity index is 2.66. The smallest absolute Gasteiger partial charge is 0.210 e. The van der Waals surface area contributed by atoms with Gasteiger partial charge in [0, 0.05) is 11.5 Å². The van der Waals surface area contributed by atoms with Crippen LogP contribution in [-0.4, -0.2) is 18.2 Å². The molecule has 1 aromatic heterocycles. The van der Waals surface area contributed by atoms with E-state index in [1.54, 1.807) is 42.9 Å². The molecule has 6 heteroatoms. The summed E-state index contributed by atoms with van der Waals surface area (Å²) in [4.78, 5) is 0.626. The first-order valence-corrected chi connectivity index (χ1v) is 8.18. The van der Waals surface area contributed by atoms with Crippen LogP contribution in [0.25, 0.3) is 0 Å². The van der Waals surface area contributed by atoms with Crippen molar-refractivity contribution in [1.82, 2.24) is 9.78 Å². The molecule has 0 saturated heterocycles. The highest BCUT2D eigenvalue weighted by Crippen LogP contribution is 2.28. The molecule has 1 aromatic carbocycles. The van der Waals surface area contributed by atoms with Crippen molar-refractivity contribution in [3.63, 3.8) is 0 Å². The summed E-state index contributed by atoms with van der Waals surface area (Å²) in [5.41, 5.74) is 1.28. The molecule has 0 aliphatic rings. The molecule has 0 spiro atoms. The quantitative estimate of drug-likeness (QED) is 0.861. The number of hydrogen-bond acceptors (Lipinski definition) is 3. The van der Waals surface area contributed by atoms with Crippen molar-refractivity contribution in [3.8, 4) is 0 Å². The maximum Gasteiger partial charge on any atom is 0.210 e. The predicted octanol–water partition coefficient (Wildman–Crippen LogP) is 2.89. The second-order valence-corrected chi connectivity index (χ2v) is 7.10. The molecule has 0 unspecified atom stereocenters. The Morgan fingerprint density at radius 3 is 2.37 bits per heavy atom. The van der Waals surface area contributed by atoms with Gasteiger partial charge in [-0.25, -0.2) is 8.42 Å². The number of halogens is 1. The van der Waals surface area contributed by atoms with E-state index in [0.717, 1.165) is 10.2 Å². The number of benzene rings is 1. The third-order valence-corrected chi connectivity index (χ3v) is 5.50. The molecule has 0 amide bonds. The summed E-state index contributed by atoms with van der Waals surface area (Å²) in [6.45, 7) is 3.65. The molecular formula is C13H15BrN2O2S. The van der Waals surface area contributed by atoms with Crippen LogP contribution in [0, 0.1) is 6.92 Å². The fourth-order valence-electron chi connectivity index (χ4n) is 2.16. The summed E-state index contributed by atoms with van der Waals surface area (Å²) in [5, 5.41) is 4.22. The zero-order valence-corrected chi connectivity index (χ0v) is 13.4. The lowest BCUT2D eigenvalue weighted by atomic mass is 10.3. The van der Waals surface area contributed by atoms with E-state index >= 15 is 0 Å². The van der Waals surface area contributed by atoms with Gasteiger partial charge in [-0.05, 0) is 37.6 Å². The van der Waals surface area contributed by atoms with Crippen molar-refractivity contribution in [2.75, 3.05) is 0 Å². The Morgan fingerprint density at radius 2 is 1.84 bits per heavy atom. The molecule has 0 atom stereocenters. The summed E-state index contributed by atoms with van der Waals surface area (Å²) >= 11 is 3.30. The summed E-state index contributed by atoms with van der Waals surface area (Å²) < 4.78 is 27.9. The lowest BCUT2D eigenvalue weighted by molar-refractivity contribution is 0.593. The number of rotatable bonds is 3. The highest BCUT2D eigenvalue weighted by Gasteiger charge is 2.26. The minimum absolute atomic E-state index is 0.293. The normalized spacial score (nSPS) is 11.8. The van der Waals surface area contributed by atoms with Gasteiger partial charge in [0.1, 0.15) is 4.90 Å². The van der Waals surface area contributed by atoms with Gasteiger partial charge in [-0.1, -0.05) is 22.9 Å². The number of hydrogen-bond donors (Lipinski definition) is 0. The third kappa shape index (κ3) is 2.47. The van der Waals surface area contributed by atoms with Crippen molar-refractivity contribution < 1.29 is 8.42 Å². The molecule has 19 heavy (non-hydrogen) atoms. The van der Waals surface area contributed by atoms with Crippen molar-refractivity contribution >= 4 is 25.8 Å². The van der Waals surface area contributed by atoms with Crippen LogP contribution in [0.4, 0.5) is 0 Å². The highest BCUT2D eigenvalue weighted by atomic mass is 79.9. The average molecular weight is 343 g/mol. The second-order valence-electron chi connectivity index (χ2n) is 4.30. The third-order valence-electron chi connectivity index (χ3n) is 3.01. The van der Waals surface area contributed by atoms with Gasteiger partial charge in [0.25, 0.3) is 0 Å². The van der Waals surface area contributed by atoms with Crippen LogP contribution in [0.2, 0.25) is 0 Å². The number of aryl methyl sites for hydroxylation is 2. The molecule has 4 nitrogen and oxygen atoms in total. The SMILES string of the molecule is CCc1c(S(=O)(=O)c2ccc(Br)cc2)c(C)nn1C. The average Bonchev–Trinajstić information content (AvgIpc) is 2.64. The standard InChI is InChI=1S/C13H15BrN2O2S/c1-4-12-13(9(2)15-16(12)3)19(17,18)11-7-5-10(14)6-8-11/h5-8H,4H2,1-3H3. The first-order chi connectivity index (χ1) is 8.87. The summed E-state index contributed by atoms with van der Waals surface area (Å²) in [6, 6.07) is 6.66. The summed E-state index contributed by atoms with van der Waals surface area (Å²) in [6.07, 6.45) is 0.627. The minimum Gasteiger partial charge on any atom is -0.271 e. The largest absolute Gasteiger partial charge is 0.271 e. The van der Waals surface area contributed by atoms with Gasteiger partial charge in [-0.3, -0.25) is 4.68 Å². The fourth-order valence-corrected chi connectivity index (χ4v) is 4.17. The van der Waals surface area contributed by atoms with E-state index in [4.69, 9.17) is 0 Å². The second kappa shape index (κ2) is 5.09. The minimum atomic E-state index is -3.51. The Labute approximate surface area is 121 Å². The van der Waals surface area contributed by atoms with Crippen LogP contribution in [0.3, 0.4) is 0 Å². The number of aromatic nitrogens is 2. The zero-order chi connectivity index (χ0) is 14.2. The molecule has 2 aromatic rings. The van der Waals surface area contributed by atoms with Crippen LogP contribution in [0.5, 0.6) is 0 Å². The van der Waals surface area contributed by atoms with Crippen LogP contribution in [0.15, 0.2) is 38.5 Å². The molecular weight excluding hydrogens is 328 g/mol. The van der Waals surface area contributed by atoms with Crippen molar-refractivity contribution in [2.45, 2.75) is 30.1 Å². The Bertz CT molecular complexity index is 703. The predicted molar refractivity (Wildman–Crippen MR) is 76.9 cm³/mol. The Hall–Kier alpha value is -1.14. The molecule has 1 heterocycles. The van der Waals surface area contributed by atoms with Crippen molar-refractivity contribution in [1.29, 1.82) is 0 Å². The molecule has 2 rings (SSSR count). The topological polar surface area (TPSA) is 52.0 Å². The lowest BCUT2D eigenvalue weighted by Crippen LogP contribution is -2.07. The first-order valence-electron chi connectivity index (χ1n) is 5.91. The van der Waals surface area contributed by atoms with Crippen molar-refractivity contribution in [2.24, 2.45) is 7.05 Å². The molecule has 0 fully saturated rings. The maximum atomic E-state index is 12.7. The van der Waals surface area contributed by atoms with Gasteiger partial charge in [-0.2, -0.15) is 5.10 Å². The molecule has 0 aliphatic heterocycles. The van der Waals surface area contributed by atoms with E-state index in [1.165, 1.54) is 0 Å². The monoisotopic (exact) mass is 342 g/mol. The molecule has 0 saturated carbocycles. The zero-order valence-electron chi connectivity index (χ0n) is 11.0. The first kappa shape index (κ1) is 14.3. The van der Waals surface area contributed by atoms with Gasteiger partial charge in [0.2, 0.25) is 9.84 Å². The van der Waals surface area contributed by atoms with Crippen molar-refractivity contribution in [3.05, 3.63) is 40.1 Å². The van der Waals surface area contributed by atoms with Gasteiger partial charge in [0.15, 0.2) is 0 Å². The Kier molecular flexibility index (Phi) is 3.82. The molecule has 0 bridgehead atoms. The van der Waals surface area contributed by atoms with E-state index in [0.29, 0.717) is 21.9 Å². The van der Waals surface area contributed by atoms with Gasteiger partial charge in [-0.15, -0.1) is 0 Å². The van der Waals surface area contributed by atoms with E-state index < -0.39 is 9.84 Å². The fraction of sp³-hybridized carbons (Fsp3) is 0.308. The highest BCUT2D eigenvalue weighted by molar-refractivity contribution is 9.10. The molecule has 0 N–H and O–H groups in total. The summed E-state index contributed by atoms with van der Waals surface area (Å²) in [7, 11) is -1.74. The maximum absolute atomic E-state index is 12.7. The van der Waals surface area contributed by atoms with Crippen LogP contribution >= 0.6 is 15.9 Å². The van der Waals surface area contributed by atoms with E-state index in [2.05, 4.69) is 21.0 Å². The van der Waals surface area contributed by atoms with Gasteiger partial charge >= 0.3 is 0 Å². The Morgan fingerprint density at radius 1 is 1.26 bits per heavy atom. The van der Waals surface area contributed by atoms with Gasteiger partial charge in [0.05, 0.1) is 16.3 Å². The molecule has 102 valence electrons. The molecule has 0 radical (unpaired) electrons. The van der Waals surface area contributed by atoms with Crippen LogP contribution in [0.1, 0.15) is 18.3 Å². The van der Waals surface area contributed by atoms with Crippen LogP contribution < -0.4 is 0 Å². The lowest BCUT2D eigenvalue weighted by Gasteiger charge is -2.06.